The molecule has 8 heteroatoms. The molecular formula is C20H23N3O5. The van der Waals surface area contributed by atoms with Gasteiger partial charge in [-0.15, -0.1) is 0 Å². The average molecular weight is 385 g/mol. The Morgan fingerprint density at radius 2 is 1.75 bits per heavy atom. The van der Waals surface area contributed by atoms with E-state index in [4.69, 9.17) is 14.2 Å². The SMILES string of the molecule is CCOc1ccccc1/C=N/NC(=O)CNC(=O)c1cc(OC)cc(OC)c1. The number of rotatable bonds is 9. The van der Waals surface area contributed by atoms with E-state index in [9.17, 15) is 9.59 Å². The van der Waals surface area contributed by atoms with Crippen LogP contribution in [0.1, 0.15) is 22.8 Å². The van der Waals surface area contributed by atoms with Crippen LogP contribution in [-0.2, 0) is 4.79 Å². The fraction of sp³-hybridized carbons (Fsp3) is 0.250. The van der Waals surface area contributed by atoms with Gasteiger partial charge in [0.15, 0.2) is 0 Å². The second kappa shape index (κ2) is 10.6. The molecule has 0 fully saturated rings. The van der Waals surface area contributed by atoms with Crippen LogP contribution in [-0.4, -0.2) is 45.4 Å². The predicted molar refractivity (Wildman–Crippen MR) is 105 cm³/mol. The second-order valence-electron chi connectivity index (χ2n) is 5.55. The smallest absolute Gasteiger partial charge is 0.259 e. The van der Waals surface area contributed by atoms with Crippen LogP contribution in [0.2, 0.25) is 0 Å². The minimum Gasteiger partial charge on any atom is -0.497 e. The zero-order chi connectivity index (χ0) is 20.4. The summed E-state index contributed by atoms with van der Waals surface area (Å²) in [5, 5.41) is 6.42. The standard InChI is InChI=1S/C20H23N3O5/c1-4-28-18-8-6-5-7-14(18)12-22-23-19(24)13-21-20(25)15-9-16(26-2)11-17(10-15)27-3/h5-12H,4,13H2,1-3H3,(H,21,25)(H,23,24)/b22-12+. The molecule has 2 rings (SSSR count). The number of hydrazone groups is 1. The van der Waals surface area contributed by atoms with E-state index >= 15 is 0 Å². The number of carbonyl (C=O) groups excluding carboxylic acids is 2. The first-order chi connectivity index (χ1) is 13.6. The number of methoxy groups -OCH3 is 2. The van der Waals surface area contributed by atoms with E-state index in [1.54, 1.807) is 18.2 Å². The Morgan fingerprint density at radius 1 is 1.07 bits per heavy atom. The number of amides is 2. The number of benzene rings is 2. The van der Waals surface area contributed by atoms with Crippen molar-refractivity contribution in [2.75, 3.05) is 27.4 Å². The fourth-order valence-corrected chi connectivity index (χ4v) is 2.29. The minimum absolute atomic E-state index is 0.233. The van der Waals surface area contributed by atoms with Gasteiger partial charge in [0.05, 0.1) is 33.6 Å². The lowest BCUT2D eigenvalue weighted by Gasteiger charge is -2.09. The molecule has 148 valence electrons. The van der Waals surface area contributed by atoms with Crippen molar-refractivity contribution in [1.82, 2.24) is 10.7 Å². The number of nitrogens with one attached hydrogen (secondary N) is 2. The van der Waals surface area contributed by atoms with Gasteiger partial charge in [-0.05, 0) is 31.2 Å². The lowest BCUT2D eigenvalue weighted by atomic mass is 10.2. The lowest BCUT2D eigenvalue weighted by molar-refractivity contribution is -0.120. The molecule has 2 aromatic rings. The highest BCUT2D eigenvalue weighted by Gasteiger charge is 2.11. The van der Waals surface area contributed by atoms with Crippen molar-refractivity contribution in [3.05, 3.63) is 53.6 Å². The van der Waals surface area contributed by atoms with Crippen LogP contribution < -0.4 is 25.0 Å². The van der Waals surface area contributed by atoms with Crippen LogP contribution in [0.3, 0.4) is 0 Å². The van der Waals surface area contributed by atoms with Crippen LogP contribution in [0.25, 0.3) is 0 Å². The third-order valence-electron chi connectivity index (χ3n) is 3.63. The highest BCUT2D eigenvalue weighted by atomic mass is 16.5. The maximum Gasteiger partial charge on any atom is 0.259 e. The summed E-state index contributed by atoms with van der Waals surface area (Å²) in [6, 6.07) is 12.1. The lowest BCUT2D eigenvalue weighted by Crippen LogP contribution is -2.34. The van der Waals surface area contributed by atoms with E-state index in [-0.39, 0.29) is 6.54 Å². The van der Waals surface area contributed by atoms with Crippen LogP contribution in [0.4, 0.5) is 0 Å². The van der Waals surface area contributed by atoms with Crippen LogP contribution in [0.15, 0.2) is 47.6 Å². The van der Waals surface area contributed by atoms with E-state index in [1.165, 1.54) is 20.4 Å². The van der Waals surface area contributed by atoms with Gasteiger partial charge < -0.3 is 19.5 Å². The van der Waals surface area contributed by atoms with Crippen molar-refractivity contribution in [2.24, 2.45) is 5.10 Å². The molecule has 0 spiro atoms. The fourth-order valence-electron chi connectivity index (χ4n) is 2.29. The van der Waals surface area contributed by atoms with Crippen molar-refractivity contribution in [3.63, 3.8) is 0 Å². The third kappa shape index (κ3) is 6.01. The summed E-state index contributed by atoms with van der Waals surface area (Å²) in [6.07, 6.45) is 1.48. The van der Waals surface area contributed by atoms with Gasteiger partial charge in [0.25, 0.3) is 11.8 Å². The van der Waals surface area contributed by atoms with E-state index < -0.39 is 11.8 Å². The number of carbonyl (C=O) groups is 2. The first-order valence-electron chi connectivity index (χ1n) is 8.62. The predicted octanol–water partition coefficient (Wildman–Crippen LogP) is 1.98. The molecule has 0 radical (unpaired) electrons. The largest absolute Gasteiger partial charge is 0.497 e. The molecule has 0 atom stereocenters. The molecule has 0 aliphatic carbocycles. The number of nitrogens with zero attached hydrogens (tertiary/aromatic N) is 1. The van der Waals surface area contributed by atoms with Gasteiger partial charge in [0, 0.05) is 17.2 Å². The molecule has 0 aliphatic rings. The summed E-state index contributed by atoms with van der Waals surface area (Å²) >= 11 is 0. The number of hydrogen-bond acceptors (Lipinski definition) is 6. The summed E-state index contributed by atoms with van der Waals surface area (Å²) in [5.74, 6) is 0.729. The maximum absolute atomic E-state index is 12.2. The van der Waals surface area contributed by atoms with Gasteiger partial charge in [0.2, 0.25) is 0 Å². The molecular weight excluding hydrogens is 362 g/mol. The van der Waals surface area contributed by atoms with Crippen molar-refractivity contribution >= 4 is 18.0 Å². The Hall–Kier alpha value is -3.55. The Bertz CT molecular complexity index is 829. The van der Waals surface area contributed by atoms with Crippen molar-refractivity contribution < 1.29 is 23.8 Å². The maximum atomic E-state index is 12.2. The van der Waals surface area contributed by atoms with E-state index in [2.05, 4.69) is 15.8 Å². The highest BCUT2D eigenvalue weighted by molar-refractivity contribution is 5.97. The molecule has 0 heterocycles. The minimum atomic E-state index is -0.464. The Labute approximate surface area is 163 Å². The molecule has 0 unspecified atom stereocenters. The molecule has 0 bridgehead atoms. The van der Waals surface area contributed by atoms with Crippen LogP contribution in [0, 0.1) is 0 Å². The van der Waals surface area contributed by atoms with Crippen molar-refractivity contribution in [1.29, 1.82) is 0 Å². The normalized spacial score (nSPS) is 10.4. The molecule has 2 aromatic carbocycles. The summed E-state index contributed by atoms with van der Waals surface area (Å²) < 4.78 is 15.7. The van der Waals surface area contributed by atoms with Gasteiger partial charge in [0.1, 0.15) is 17.2 Å². The van der Waals surface area contributed by atoms with Crippen LogP contribution in [0.5, 0.6) is 17.2 Å². The quantitative estimate of drug-likeness (QED) is 0.508. The topological polar surface area (TPSA) is 98.2 Å². The first kappa shape index (κ1) is 20.8. The zero-order valence-corrected chi connectivity index (χ0v) is 16.0. The van der Waals surface area contributed by atoms with Gasteiger partial charge in [-0.1, -0.05) is 12.1 Å². The third-order valence-corrected chi connectivity index (χ3v) is 3.63. The monoisotopic (exact) mass is 385 g/mol. The number of para-hydroxylation sites is 1. The average Bonchev–Trinajstić information content (AvgIpc) is 2.73. The van der Waals surface area contributed by atoms with Gasteiger partial charge in [-0.2, -0.15) is 5.10 Å². The summed E-state index contributed by atoms with van der Waals surface area (Å²) in [7, 11) is 2.98. The van der Waals surface area contributed by atoms with Crippen LogP contribution >= 0.6 is 0 Å². The zero-order valence-electron chi connectivity index (χ0n) is 16.0. The Morgan fingerprint density at radius 3 is 2.39 bits per heavy atom. The Kier molecular flexibility index (Phi) is 7.83. The van der Waals surface area contributed by atoms with E-state index in [0.717, 1.165) is 5.56 Å². The number of hydrogen-bond donors (Lipinski definition) is 2. The summed E-state index contributed by atoms with van der Waals surface area (Å²) in [4.78, 5) is 24.1. The Balaban J connectivity index is 1.90. The van der Waals surface area contributed by atoms with Gasteiger partial charge >= 0.3 is 0 Å². The number of ether oxygens (including phenoxy) is 3. The van der Waals surface area contributed by atoms with Crippen molar-refractivity contribution in [2.45, 2.75) is 6.92 Å². The summed E-state index contributed by atoms with van der Waals surface area (Å²) in [6.45, 7) is 2.18. The second-order valence-corrected chi connectivity index (χ2v) is 5.55. The van der Waals surface area contributed by atoms with E-state index in [1.807, 2.05) is 31.2 Å². The molecule has 0 saturated heterocycles. The molecule has 2 amide bonds. The molecule has 28 heavy (non-hydrogen) atoms. The molecule has 0 saturated carbocycles. The highest BCUT2D eigenvalue weighted by Crippen LogP contribution is 2.22. The molecule has 0 aliphatic heterocycles. The molecule has 0 aromatic heterocycles. The van der Waals surface area contributed by atoms with Gasteiger partial charge in [-0.25, -0.2) is 5.43 Å². The van der Waals surface area contributed by atoms with E-state index in [0.29, 0.717) is 29.4 Å². The first-order valence-corrected chi connectivity index (χ1v) is 8.62. The molecule has 8 nitrogen and oxygen atoms in total. The molecule has 2 N–H and O–H groups in total. The summed E-state index contributed by atoms with van der Waals surface area (Å²) in [5.41, 5.74) is 3.41. The van der Waals surface area contributed by atoms with Gasteiger partial charge in [-0.3, -0.25) is 9.59 Å². The van der Waals surface area contributed by atoms with Crippen molar-refractivity contribution in [3.8, 4) is 17.2 Å².